The number of hydrogen-bond donors (Lipinski definition) is 2. The van der Waals surface area contributed by atoms with E-state index in [0.717, 1.165) is 66.5 Å². The van der Waals surface area contributed by atoms with E-state index in [0.29, 0.717) is 18.4 Å². The minimum absolute atomic E-state index is 0.125. The van der Waals surface area contributed by atoms with Gasteiger partial charge in [0.2, 0.25) is 5.95 Å². The number of nitrogens with zero attached hydrogens (tertiary/aromatic N) is 7. The highest BCUT2D eigenvalue weighted by Crippen LogP contribution is 2.39. The number of urea groups is 1. The van der Waals surface area contributed by atoms with Crippen LogP contribution in [0.2, 0.25) is 0 Å². The van der Waals surface area contributed by atoms with E-state index in [2.05, 4.69) is 74.9 Å². The summed E-state index contributed by atoms with van der Waals surface area (Å²) >= 11 is 0. The zero-order chi connectivity index (χ0) is 31.7. The van der Waals surface area contributed by atoms with Crippen molar-refractivity contribution >= 4 is 23.4 Å². The van der Waals surface area contributed by atoms with Crippen LogP contribution < -0.4 is 20.3 Å². The number of carbonyl (C=O) groups excluding carboxylic acids is 1. The number of rotatable bonds is 8. The zero-order valence-corrected chi connectivity index (χ0v) is 27.5. The van der Waals surface area contributed by atoms with Gasteiger partial charge in [0.1, 0.15) is 17.7 Å². The molecule has 11 heteroatoms. The van der Waals surface area contributed by atoms with Crippen LogP contribution in [-0.2, 0) is 12.0 Å². The van der Waals surface area contributed by atoms with Crippen LogP contribution >= 0.6 is 0 Å². The lowest BCUT2D eigenvalue weighted by molar-refractivity contribution is 0.171. The number of pyridine rings is 1. The standard InChI is InChI=1S/C34H47N9O2/c1-23-11-9-10-18-41(23)33-38-37-30-17-14-24(22-42(30)33)45-28-16-15-27(25-12-7-8-13-26(25)28)35-32(44)36-31-21-29(34(2,3)4)39-43(31)20-19-40(5)6/h7-8,12-14,17,21-23,27-28H,9-11,15-16,18-20H2,1-6H3,(H2,35,36,44)/t23?,27-,28+/m0/s1. The quantitative estimate of drug-likeness (QED) is 0.253. The Kier molecular flexibility index (Phi) is 8.72. The maximum atomic E-state index is 13.4. The maximum absolute atomic E-state index is 13.4. The van der Waals surface area contributed by atoms with Crippen molar-refractivity contribution in [1.29, 1.82) is 0 Å². The Morgan fingerprint density at radius 3 is 2.60 bits per heavy atom. The predicted molar refractivity (Wildman–Crippen MR) is 177 cm³/mol. The highest BCUT2D eigenvalue weighted by Gasteiger charge is 2.30. The van der Waals surface area contributed by atoms with Gasteiger partial charge in [-0.05, 0) is 76.4 Å². The SMILES string of the molecule is CC1CCCCN1c1nnc2ccc(O[C@@H]3CC[C@H](NC(=O)Nc4cc(C(C)(C)C)nn4CCN(C)C)c4ccccc43)cn12. The third-order valence-corrected chi connectivity index (χ3v) is 8.99. The van der Waals surface area contributed by atoms with Crippen LogP contribution in [0.5, 0.6) is 5.75 Å². The Morgan fingerprint density at radius 1 is 1.04 bits per heavy atom. The number of nitrogens with one attached hydrogen (secondary N) is 2. The molecule has 1 unspecified atom stereocenters. The van der Waals surface area contributed by atoms with E-state index in [1.807, 2.05) is 55.3 Å². The number of piperidine rings is 1. The molecule has 6 rings (SSSR count). The third kappa shape index (κ3) is 6.78. The molecule has 4 heterocycles. The first-order valence-corrected chi connectivity index (χ1v) is 16.2. The van der Waals surface area contributed by atoms with Gasteiger partial charge >= 0.3 is 6.03 Å². The Morgan fingerprint density at radius 2 is 1.84 bits per heavy atom. The number of fused-ring (bicyclic) bond motifs is 2. The highest BCUT2D eigenvalue weighted by molar-refractivity contribution is 5.88. The fourth-order valence-corrected chi connectivity index (χ4v) is 6.37. The second-order valence-corrected chi connectivity index (χ2v) is 13.8. The largest absolute Gasteiger partial charge is 0.484 e. The molecule has 11 nitrogen and oxygen atoms in total. The van der Waals surface area contributed by atoms with Gasteiger partial charge in [0.15, 0.2) is 5.65 Å². The molecule has 3 atom stereocenters. The van der Waals surface area contributed by atoms with Gasteiger partial charge in [-0.2, -0.15) is 5.10 Å². The van der Waals surface area contributed by atoms with Crippen molar-refractivity contribution in [1.82, 2.24) is 34.6 Å². The lowest BCUT2D eigenvalue weighted by Gasteiger charge is -2.33. The van der Waals surface area contributed by atoms with Gasteiger partial charge in [-0.15, -0.1) is 10.2 Å². The minimum atomic E-state index is -0.238. The van der Waals surface area contributed by atoms with Crippen molar-refractivity contribution in [2.45, 2.75) is 89.9 Å². The smallest absolute Gasteiger partial charge is 0.320 e. The van der Waals surface area contributed by atoms with Crippen LogP contribution in [-0.4, -0.2) is 68.5 Å². The number of anilines is 2. The lowest BCUT2D eigenvalue weighted by Crippen LogP contribution is -2.38. The number of amides is 2. The topological polar surface area (TPSA) is 105 Å². The molecule has 0 bridgehead atoms. The van der Waals surface area contributed by atoms with Gasteiger partial charge < -0.3 is 19.9 Å². The van der Waals surface area contributed by atoms with E-state index in [1.165, 1.54) is 12.8 Å². The number of benzene rings is 1. The Hall–Kier alpha value is -4.12. The highest BCUT2D eigenvalue weighted by atomic mass is 16.5. The average Bonchev–Trinajstić information content (AvgIpc) is 3.61. The summed E-state index contributed by atoms with van der Waals surface area (Å²) in [5.41, 5.74) is 3.80. The molecule has 2 aliphatic rings. The summed E-state index contributed by atoms with van der Waals surface area (Å²) in [5.74, 6) is 2.35. The first-order valence-electron chi connectivity index (χ1n) is 16.2. The Bertz CT molecular complexity index is 1640. The van der Waals surface area contributed by atoms with Gasteiger partial charge in [0.25, 0.3) is 0 Å². The zero-order valence-electron chi connectivity index (χ0n) is 27.5. The van der Waals surface area contributed by atoms with Crippen molar-refractivity contribution in [3.63, 3.8) is 0 Å². The molecule has 2 amide bonds. The molecule has 1 aliphatic carbocycles. The second kappa shape index (κ2) is 12.7. The van der Waals surface area contributed by atoms with Gasteiger partial charge in [0, 0.05) is 30.6 Å². The number of hydrogen-bond acceptors (Lipinski definition) is 7. The molecular weight excluding hydrogens is 566 g/mol. The van der Waals surface area contributed by atoms with E-state index in [1.54, 1.807) is 0 Å². The van der Waals surface area contributed by atoms with Crippen LogP contribution in [0.1, 0.15) is 88.8 Å². The van der Waals surface area contributed by atoms with Crippen LogP contribution in [0.4, 0.5) is 16.6 Å². The summed E-state index contributed by atoms with van der Waals surface area (Å²) in [6, 6.07) is 14.2. The molecule has 0 radical (unpaired) electrons. The molecule has 1 saturated heterocycles. The molecule has 1 aliphatic heterocycles. The third-order valence-electron chi connectivity index (χ3n) is 8.99. The van der Waals surface area contributed by atoms with Gasteiger partial charge in [-0.25, -0.2) is 9.48 Å². The van der Waals surface area contributed by atoms with Gasteiger partial charge in [0.05, 0.1) is 24.5 Å². The lowest BCUT2D eigenvalue weighted by atomic mass is 9.85. The first-order chi connectivity index (χ1) is 21.6. The van der Waals surface area contributed by atoms with Crippen molar-refractivity contribution in [3.8, 4) is 5.75 Å². The summed E-state index contributed by atoms with van der Waals surface area (Å²) < 4.78 is 10.6. The normalized spacial score (nSPS) is 20.3. The number of carbonyl (C=O) groups is 1. The summed E-state index contributed by atoms with van der Waals surface area (Å²) in [5, 5.41) is 20.1. The molecule has 3 aromatic heterocycles. The van der Waals surface area contributed by atoms with Gasteiger partial charge in [-0.1, -0.05) is 45.0 Å². The first kappa shape index (κ1) is 30.9. The van der Waals surface area contributed by atoms with Crippen molar-refractivity contribution in [3.05, 3.63) is 65.5 Å². The molecule has 45 heavy (non-hydrogen) atoms. The van der Waals surface area contributed by atoms with Crippen LogP contribution in [0.3, 0.4) is 0 Å². The van der Waals surface area contributed by atoms with Crippen LogP contribution in [0.15, 0.2) is 48.7 Å². The molecular formula is C34H47N9O2. The number of likely N-dealkylation sites (N-methyl/N-ethyl adjacent to an activating group) is 1. The number of ether oxygens (including phenoxy) is 1. The number of aromatic nitrogens is 5. The fraction of sp³-hybridized carbons (Fsp3) is 0.529. The Balaban J connectivity index is 1.17. The second-order valence-electron chi connectivity index (χ2n) is 13.8. The summed E-state index contributed by atoms with van der Waals surface area (Å²) in [6.45, 7) is 11.1. The van der Waals surface area contributed by atoms with Crippen molar-refractivity contribution < 1.29 is 9.53 Å². The van der Waals surface area contributed by atoms with E-state index in [-0.39, 0.29) is 23.6 Å². The van der Waals surface area contributed by atoms with Crippen molar-refractivity contribution in [2.75, 3.05) is 37.4 Å². The van der Waals surface area contributed by atoms with Crippen molar-refractivity contribution in [2.24, 2.45) is 0 Å². The monoisotopic (exact) mass is 613 g/mol. The molecule has 240 valence electrons. The fourth-order valence-electron chi connectivity index (χ4n) is 6.37. The predicted octanol–water partition coefficient (Wildman–Crippen LogP) is 5.94. The summed E-state index contributed by atoms with van der Waals surface area (Å²) in [6.07, 6.45) is 6.99. The molecule has 1 fully saturated rings. The Labute approximate surface area is 265 Å². The summed E-state index contributed by atoms with van der Waals surface area (Å²) in [4.78, 5) is 17.8. The minimum Gasteiger partial charge on any atom is -0.484 e. The summed E-state index contributed by atoms with van der Waals surface area (Å²) in [7, 11) is 4.07. The van der Waals surface area contributed by atoms with E-state index < -0.39 is 0 Å². The molecule has 4 aromatic rings. The van der Waals surface area contributed by atoms with Crippen LogP contribution in [0.25, 0.3) is 5.65 Å². The molecule has 0 spiro atoms. The average molecular weight is 614 g/mol. The maximum Gasteiger partial charge on any atom is 0.320 e. The van der Waals surface area contributed by atoms with E-state index in [4.69, 9.17) is 9.84 Å². The molecule has 0 saturated carbocycles. The molecule has 2 N–H and O–H groups in total. The van der Waals surface area contributed by atoms with Crippen LogP contribution in [0, 0.1) is 0 Å². The van der Waals surface area contributed by atoms with Gasteiger partial charge in [-0.3, -0.25) is 9.72 Å². The van der Waals surface area contributed by atoms with E-state index >= 15 is 0 Å². The van der Waals surface area contributed by atoms with E-state index in [9.17, 15) is 4.79 Å². The molecule has 1 aromatic carbocycles.